The van der Waals surface area contributed by atoms with Crippen LogP contribution < -0.4 is 10.0 Å². The van der Waals surface area contributed by atoms with Crippen LogP contribution in [-0.4, -0.2) is 34.2 Å². The number of hydrogen-bond donors (Lipinski definition) is 2. The van der Waals surface area contributed by atoms with Crippen LogP contribution >= 0.6 is 15.9 Å². The topological polar surface area (TPSA) is 80.6 Å². The Kier molecular flexibility index (Phi) is 7.18. The van der Waals surface area contributed by atoms with Gasteiger partial charge in [0.15, 0.2) is 4.67 Å². The molecule has 0 aliphatic carbocycles. The van der Waals surface area contributed by atoms with E-state index in [1.165, 1.54) is 6.07 Å². The molecule has 1 aromatic rings. The molecule has 0 aliphatic rings. The van der Waals surface area contributed by atoms with Gasteiger partial charge in [0.25, 0.3) is 0 Å². The van der Waals surface area contributed by atoms with Gasteiger partial charge in [0.1, 0.15) is 10.7 Å². The van der Waals surface area contributed by atoms with E-state index in [1.54, 1.807) is 0 Å². The van der Waals surface area contributed by atoms with E-state index in [0.29, 0.717) is 31.6 Å². The van der Waals surface area contributed by atoms with Gasteiger partial charge in [-0.2, -0.15) is 0 Å². The van der Waals surface area contributed by atoms with Crippen LogP contribution in [0.3, 0.4) is 0 Å². The third-order valence-electron chi connectivity index (χ3n) is 2.42. The first-order valence-electron chi connectivity index (χ1n) is 6.45. The van der Waals surface area contributed by atoms with Crippen LogP contribution in [0, 0.1) is 0 Å². The molecule has 116 valence electrons. The summed E-state index contributed by atoms with van der Waals surface area (Å²) in [4.78, 5) is 0.106. The zero-order valence-electron chi connectivity index (χ0n) is 11.9. The molecule has 0 aliphatic heterocycles. The fourth-order valence-electron chi connectivity index (χ4n) is 1.44. The molecule has 1 rings (SSSR count). The van der Waals surface area contributed by atoms with Gasteiger partial charge in [-0.05, 0) is 22.9 Å². The maximum absolute atomic E-state index is 12.1. The van der Waals surface area contributed by atoms with Crippen molar-refractivity contribution in [1.29, 1.82) is 0 Å². The second-order valence-corrected chi connectivity index (χ2v) is 6.94. The predicted octanol–water partition coefficient (Wildman–Crippen LogP) is 1.85. The average molecular weight is 369 g/mol. The normalized spacial score (nSPS) is 12.2. The average Bonchev–Trinajstić information content (AvgIpc) is 2.74. The molecular weight excluding hydrogens is 348 g/mol. The zero-order valence-corrected chi connectivity index (χ0v) is 14.3. The molecule has 0 saturated heterocycles. The summed E-state index contributed by atoms with van der Waals surface area (Å²) in [5.41, 5.74) is 0. The molecule has 0 amide bonds. The molecule has 0 spiro atoms. The molecule has 0 aromatic carbocycles. The number of nitrogens with one attached hydrogen (secondary N) is 2. The van der Waals surface area contributed by atoms with Crippen molar-refractivity contribution in [1.82, 2.24) is 10.0 Å². The van der Waals surface area contributed by atoms with Crippen LogP contribution in [0.4, 0.5) is 0 Å². The highest BCUT2D eigenvalue weighted by molar-refractivity contribution is 9.10. The van der Waals surface area contributed by atoms with Gasteiger partial charge in [0, 0.05) is 25.3 Å². The largest absolute Gasteiger partial charge is 0.452 e. The molecule has 0 unspecified atom stereocenters. The maximum Gasteiger partial charge on any atom is 0.245 e. The van der Waals surface area contributed by atoms with E-state index < -0.39 is 10.0 Å². The van der Waals surface area contributed by atoms with E-state index in [1.807, 2.05) is 20.8 Å². The second kappa shape index (κ2) is 8.14. The summed E-state index contributed by atoms with van der Waals surface area (Å²) in [5, 5.41) is 3.16. The SMILES string of the molecule is CCOCCNS(=O)(=O)c1cc(CNC(C)C)oc1Br. The number of halogens is 1. The summed E-state index contributed by atoms with van der Waals surface area (Å²) in [6.45, 7) is 7.47. The van der Waals surface area contributed by atoms with Gasteiger partial charge in [-0.1, -0.05) is 13.8 Å². The van der Waals surface area contributed by atoms with Gasteiger partial charge in [0.2, 0.25) is 10.0 Å². The lowest BCUT2D eigenvalue weighted by Gasteiger charge is -2.05. The highest BCUT2D eigenvalue weighted by Gasteiger charge is 2.22. The van der Waals surface area contributed by atoms with Gasteiger partial charge >= 0.3 is 0 Å². The minimum atomic E-state index is -3.59. The van der Waals surface area contributed by atoms with Crippen molar-refractivity contribution in [3.63, 3.8) is 0 Å². The Morgan fingerprint density at radius 3 is 2.75 bits per heavy atom. The van der Waals surface area contributed by atoms with Crippen LogP contribution in [0.15, 0.2) is 20.0 Å². The summed E-state index contributed by atoms with van der Waals surface area (Å²) in [6, 6.07) is 1.81. The van der Waals surface area contributed by atoms with E-state index >= 15 is 0 Å². The Balaban J connectivity index is 2.69. The molecule has 2 N–H and O–H groups in total. The fraction of sp³-hybridized carbons (Fsp3) is 0.667. The Bertz CT molecular complexity index is 514. The number of rotatable bonds is 9. The Labute approximate surface area is 128 Å². The van der Waals surface area contributed by atoms with Crippen molar-refractivity contribution in [2.75, 3.05) is 19.8 Å². The molecule has 0 saturated carbocycles. The molecule has 8 heteroatoms. The van der Waals surface area contributed by atoms with Crippen molar-refractivity contribution in [2.24, 2.45) is 0 Å². The number of hydrogen-bond acceptors (Lipinski definition) is 5. The molecule has 0 radical (unpaired) electrons. The maximum atomic E-state index is 12.1. The molecule has 0 atom stereocenters. The zero-order chi connectivity index (χ0) is 15.2. The minimum absolute atomic E-state index is 0.106. The van der Waals surface area contributed by atoms with Crippen molar-refractivity contribution in [3.8, 4) is 0 Å². The Hall–Kier alpha value is -0.410. The van der Waals surface area contributed by atoms with Crippen LogP contribution in [0.1, 0.15) is 26.5 Å². The second-order valence-electron chi connectivity index (χ2n) is 4.48. The quantitative estimate of drug-likeness (QED) is 0.650. The van der Waals surface area contributed by atoms with Gasteiger partial charge in [-0.25, -0.2) is 13.1 Å². The molecule has 1 aromatic heterocycles. The first-order valence-corrected chi connectivity index (χ1v) is 8.73. The fourth-order valence-corrected chi connectivity index (χ4v) is 3.45. The lowest BCUT2D eigenvalue weighted by molar-refractivity contribution is 0.153. The van der Waals surface area contributed by atoms with Crippen molar-refractivity contribution in [3.05, 3.63) is 16.5 Å². The van der Waals surface area contributed by atoms with Crippen LogP contribution in [0.5, 0.6) is 0 Å². The van der Waals surface area contributed by atoms with E-state index in [-0.39, 0.29) is 16.1 Å². The van der Waals surface area contributed by atoms with Crippen LogP contribution in [-0.2, 0) is 21.3 Å². The predicted molar refractivity (Wildman–Crippen MR) is 80.1 cm³/mol. The van der Waals surface area contributed by atoms with Crippen molar-refractivity contribution >= 4 is 26.0 Å². The van der Waals surface area contributed by atoms with E-state index in [9.17, 15) is 8.42 Å². The summed E-state index contributed by atoms with van der Waals surface area (Å²) >= 11 is 3.14. The first-order chi connectivity index (χ1) is 9.36. The van der Waals surface area contributed by atoms with Gasteiger partial charge in [-0.15, -0.1) is 0 Å². The monoisotopic (exact) mass is 368 g/mol. The number of sulfonamides is 1. The molecule has 0 bridgehead atoms. The van der Waals surface area contributed by atoms with Crippen molar-refractivity contribution in [2.45, 2.75) is 38.3 Å². The molecular formula is C12H21BrN2O4S. The number of ether oxygens (including phenoxy) is 1. The van der Waals surface area contributed by atoms with Crippen LogP contribution in [0.2, 0.25) is 0 Å². The summed E-state index contributed by atoms with van der Waals surface area (Å²) < 4.78 is 37.3. The van der Waals surface area contributed by atoms with E-state index in [0.717, 1.165) is 0 Å². The van der Waals surface area contributed by atoms with Gasteiger partial charge in [-0.3, -0.25) is 0 Å². The highest BCUT2D eigenvalue weighted by atomic mass is 79.9. The van der Waals surface area contributed by atoms with E-state index in [4.69, 9.17) is 9.15 Å². The first kappa shape index (κ1) is 17.6. The van der Waals surface area contributed by atoms with Crippen LogP contribution in [0.25, 0.3) is 0 Å². The van der Waals surface area contributed by atoms with Gasteiger partial charge in [0.05, 0.1) is 13.2 Å². The molecule has 6 nitrogen and oxygen atoms in total. The molecule has 20 heavy (non-hydrogen) atoms. The molecule has 1 heterocycles. The third kappa shape index (κ3) is 5.53. The smallest absolute Gasteiger partial charge is 0.245 e. The Morgan fingerprint density at radius 1 is 1.45 bits per heavy atom. The lowest BCUT2D eigenvalue weighted by Crippen LogP contribution is -2.27. The summed E-state index contributed by atoms with van der Waals surface area (Å²) in [5.74, 6) is 0.566. The highest BCUT2D eigenvalue weighted by Crippen LogP contribution is 2.25. The number of furan rings is 1. The standard InChI is InChI=1S/C12H21BrN2O4S/c1-4-18-6-5-15-20(16,17)11-7-10(19-12(11)13)8-14-9(2)3/h7,9,14-15H,4-6,8H2,1-3H3. The van der Waals surface area contributed by atoms with Crippen molar-refractivity contribution < 1.29 is 17.6 Å². The summed E-state index contributed by atoms with van der Waals surface area (Å²) in [7, 11) is -3.59. The van der Waals surface area contributed by atoms with E-state index in [2.05, 4.69) is 26.0 Å². The Morgan fingerprint density at radius 2 is 2.15 bits per heavy atom. The lowest BCUT2D eigenvalue weighted by atomic mass is 10.3. The third-order valence-corrected chi connectivity index (χ3v) is 4.74. The molecule has 0 fully saturated rings. The van der Waals surface area contributed by atoms with Gasteiger partial charge < -0.3 is 14.5 Å². The summed E-state index contributed by atoms with van der Waals surface area (Å²) in [6.07, 6.45) is 0. The minimum Gasteiger partial charge on any atom is -0.452 e.